The smallest absolute Gasteiger partial charge is 0.226 e. The first-order valence-electron chi connectivity index (χ1n) is 4.57. The Morgan fingerprint density at radius 2 is 2.15 bits per heavy atom. The molecule has 3 N–H and O–H groups in total. The van der Waals surface area contributed by atoms with Gasteiger partial charge in [0.25, 0.3) is 0 Å². The summed E-state index contributed by atoms with van der Waals surface area (Å²) in [6, 6.07) is 0. The molecule has 3 nitrogen and oxygen atoms in total. The number of rotatable bonds is 6. The molecule has 0 heterocycles. The fourth-order valence-corrected chi connectivity index (χ4v) is 1.09. The number of thiocarbonyl (C=S) groups is 1. The number of carbonyl (C=O) groups excluding carboxylic acids is 1. The van der Waals surface area contributed by atoms with Crippen LogP contribution in [-0.4, -0.2) is 17.4 Å². The molecule has 0 atom stereocenters. The third-order valence-corrected chi connectivity index (χ3v) is 1.76. The number of amides is 1. The zero-order valence-electron chi connectivity index (χ0n) is 8.30. The predicted octanol–water partition coefficient (Wildman–Crippen LogP) is 1.22. The Morgan fingerprint density at radius 3 is 2.62 bits per heavy atom. The Bertz CT molecular complexity index is 180. The summed E-state index contributed by atoms with van der Waals surface area (Å²) in [5.41, 5.74) is 5.22. The standard InChI is InChI=1S/C9H18N2OS/c1-7(2)4-3-5-11-9(12)6-8(10)13/h7H,3-6H2,1-2H3,(H2,10,13)(H,11,12). The summed E-state index contributed by atoms with van der Waals surface area (Å²) in [7, 11) is 0. The third kappa shape index (κ3) is 9.27. The van der Waals surface area contributed by atoms with Gasteiger partial charge in [-0.15, -0.1) is 0 Å². The molecule has 0 aromatic heterocycles. The topological polar surface area (TPSA) is 55.1 Å². The molecule has 0 aliphatic carbocycles. The molecule has 0 aromatic carbocycles. The highest BCUT2D eigenvalue weighted by Crippen LogP contribution is 2.01. The molecule has 0 aliphatic rings. The van der Waals surface area contributed by atoms with Crippen molar-refractivity contribution in [3.05, 3.63) is 0 Å². The number of nitrogens with one attached hydrogen (secondary N) is 1. The maximum Gasteiger partial charge on any atom is 0.226 e. The van der Waals surface area contributed by atoms with Crippen LogP contribution in [0, 0.1) is 5.92 Å². The van der Waals surface area contributed by atoms with Gasteiger partial charge in [0.2, 0.25) is 5.91 Å². The Morgan fingerprint density at radius 1 is 1.54 bits per heavy atom. The van der Waals surface area contributed by atoms with Crippen LogP contribution in [0.5, 0.6) is 0 Å². The summed E-state index contributed by atoms with van der Waals surface area (Å²) in [6.45, 7) is 5.05. The zero-order chi connectivity index (χ0) is 10.3. The SMILES string of the molecule is CC(C)CCCNC(=O)CC(N)=S. The summed E-state index contributed by atoms with van der Waals surface area (Å²) in [4.78, 5) is 11.3. The minimum absolute atomic E-state index is 0.0729. The van der Waals surface area contributed by atoms with Crippen LogP contribution in [0.4, 0.5) is 0 Å². The maximum absolute atomic E-state index is 11.0. The Hall–Kier alpha value is -0.640. The van der Waals surface area contributed by atoms with E-state index in [0.717, 1.165) is 19.4 Å². The lowest BCUT2D eigenvalue weighted by molar-refractivity contribution is -0.119. The summed E-state index contributed by atoms with van der Waals surface area (Å²) >= 11 is 4.61. The van der Waals surface area contributed by atoms with Gasteiger partial charge in [-0.3, -0.25) is 4.79 Å². The van der Waals surface area contributed by atoms with Gasteiger partial charge in [0.15, 0.2) is 0 Å². The van der Waals surface area contributed by atoms with Crippen molar-refractivity contribution < 1.29 is 4.79 Å². The van der Waals surface area contributed by atoms with Crippen molar-refractivity contribution in [2.24, 2.45) is 11.7 Å². The number of nitrogens with two attached hydrogens (primary N) is 1. The largest absolute Gasteiger partial charge is 0.393 e. The fraction of sp³-hybridized carbons (Fsp3) is 0.778. The molecular formula is C9H18N2OS. The molecule has 4 heteroatoms. The van der Waals surface area contributed by atoms with Crippen molar-refractivity contribution in [3.63, 3.8) is 0 Å². The Balaban J connectivity index is 3.32. The quantitative estimate of drug-likeness (QED) is 0.503. The van der Waals surface area contributed by atoms with Crippen molar-refractivity contribution >= 4 is 23.1 Å². The lowest BCUT2D eigenvalue weighted by atomic mass is 10.1. The molecule has 0 rings (SSSR count). The lowest BCUT2D eigenvalue weighted by Gasteiger charge is -2.05. The van der Waals surface area contributed by atoms with E-state index >= 15 is 0 Å². The molecule has 1 amide bonds. The highest BCUT2D eigenvalue weighted by Gasteiger charge is 2.01. The second-order valence-corrected chi connectivity index (χ2v) is 4.05. The molecule has 0 fully saturated rings. The average Bonchev–Trinajstić information content (AvgIpc) is 1.96. The molecule has 0 bridgehead atoms. The maximum atomic E-state index is 11.0. The molecule has 0 unspecified atom stereocenters. The Kier molecular flexibility index (Phi) is 6.49. The van der Waals surface area contributed by atoms with Crippen LogP contribution < -0.4 is 11.1 Å². The first kappa shape index (κ1) is 12.4. The summed E-state index contributed by atoms with van der Waals surface area (Å²) in [5.74, 6) is 0.615. The number of carbonyl (C=O) groups is 1. The monoisotopic (exact) mass is 202 g/mol. The normalized spacial score (nSPS) is 10.1. The van der Waals surface area contributed by atoms with Gasteiger partial charge in [0.05, 0.1) is 11.4 Å². The van der Waals surface area contributed by atoms with E-state index < -0.39 is 0 Å². The molecule has 0 radical (unpaired) electrons. The summed E-state index contributed by atoms with van der Waals surface area (Å²) < 4.78 is 0. The zero-order valence-corrected chi connectivity index (χ0v) is 9.12. The number of hydrogen-bond donors (Lipinski definition) is 2. The number of hydrogen-bond acceptors (Lipinski definition) is 2. The first-order valence-corrected chi connectivity index (χ1v) is 4.98. The molecule has 0 saturated heterocycles. The van der Waals surface area contributed by atoms with E-state index in [1.165, 1.54) is 0 Å². The molecule has 0 saturated carbocycles. The van der Waals surface area contributed by atoms with Crippen LogP contribution in [0.1, 0.15) is 33.1 Å². The fourth-order valence-electron chi connectivity index (χ4n) is 0.959. The van der Waals surface area contributed by atoms with Gasteiger partial charge in [0, 0.05) is 6.54 Å². The van der Waals surface area contributed by atoms with E-state index in [0.29, 0.717) is 5.92 Å². The van der Waals surface area contributed by atoms with Gasteiger partial charge in [-0.25, -0.2) is 0 Å². The van der Waals surface area contributed by atoms with E-state index in [4.69, 9.17) is 5.73 Å². The highest BCUT2D eigenvalue weighted by molar-refractivity contribution is 7.80. The minimum Gasteiger partial charge on any atom is -0.393 e. The van der Waals surface area contributed by atoms with Crippen LogP contribution in [0.2, 0.25) is 0 Å². The average molecular weight is 202 g/mol. The molecule has 0 aromatic rings. The van der Waals surface area contributed by atoms with E-state index in [9.17, 15) is 4.79 Å². The molecule has 0 aliphatic heterocycles. The van der Waals surface area contributed by atoms with Crippen molar-refractivity contribution in [2.45, 2.75) is 33.1 Å². The molecule has 76 valence electrons. The van der Waals surface area contributed by atoms with Crippen LogP contribution in [-0.2, 0) is 4.79 Å². The van der Waals surface area contributed by atoms with Crippen LogP contribution in [0.3, 0.4) is 0 Å². The molecule has 0 spiro atoms. The van der Waals surface area contributed by atoms with Crippen molar-refractivity contribution in [2.75, 3.05) is 6.54 Å². The van der Waals surface area contributed by atoms with E-state index in [-0.39, 0.29) is 17.3 Å². The van der Waals surface area contributed by atoms with Crippen molar-refractivity contribution in [1.29, 1.82) is 0 Å². The summed E-state index contributed by atoms with van der Waals surface area (Å²) in [6.07, 6.45) is 2.31. The van der Waals surface area contributed by atoms with Gasteiger partial charge in [0.1, 0.15) is 0 Å². The predicted molar refractivity (Wildman–Crippen MR) is 58.5 cm³/mol. The lowest BCUT2D eigenvalue weighted by Crippen LogP contribution is -2.28. The third-order valence-electron chi connectivity index (χ3n) is 1.62. The summed E-state index contributed by atoms with van der Waals surface area (Å²) in [5, 5.41) is 2.76. The second kappa shape index (κ2) is 6.83. The first-order chi connectivity index (χ1) is 6.02. The Labute approximate surface area is 85.1 Å². The van der Waals surface area contributed by atoms with E-state index in [1.54, 1.807) is 0 Å². The van der Waals surface area contributed by atoms with Gasteiger partial charge < -0.3 is 11.1 Å². The van der Waals surface area contributed by atoms with Gasteiger partial charge in [-0.1, -0.05) is 26.1 Å². The van der Waals surface area contributed by atoms with Gasteiger partial charge in [-0.05, 0) is 18.8 Å². The highest BCUT2D eigenvalue weighted by atomic mass is 32.1. The van der Waals surface area contributed by atoms with E-state index in [2.05, 4.69) is 31.4 Å². The van der Waals surface area contributed by atoms with Crippen molar-refractivity contribution in [1.82, 2.24) is 5.32 Å². The van der Waals surface area contributed by atoms with Gasteiger partial charge >= 0.3 is 0 Å². The molecular weight excluding hydrogens is 184 g/mol. The van der Waals surface area contributed by atoms with Crippen molar-refractivity contribution in [3.8, 4) is 0 Å². The van der Waals surface area contributed by atoms with Crippen LogP contribution in [0.25, 0.3) is 0 Å². The minimum atomic E-state index is -0.0729. The van der Waals surface area contributed by atoms with Gasteiger partial charge in [-0.2, -0.15) is 0 Å². The van der Waals surface area contributed by atoms with Crippen LogP contribution in [0.15, 0.2) is 0 Å². The van der Waals surface area contributed by atoms with Crippen LogP contribution >= 0.6 is 12.2 Å². The molecule has 13 heavy (non-hydrogen) atoms. The van der Waals surface area contributed by atoms with E-state index in [1.807, 2.05) is 0 Å². The second-order valence-electron chi connectivity index (χ2n) is 3.53.